The van der Waals surface area contributed by atoms with Gasteiger partial charge in [-0.15, -0.1) is 0 Å². The van der Waals surface area contributed by atoms with Crippen LogP contribution in [0.1, 0.15) is 21.7 Å². The van der Waals surface area contributed by atoms with E-state index in [2.05, 4.69) is 15.7 Å². The van der Waals surface area contributed by atoms with Crippen LogP contribution in [0, 0.1) is 24.0 Å². The molecule has 0 radical (unpaired) electrons. The lowest BCUT2D eigenvalue weighted by molar-refractivity contribution is -0.386. The van der Waals surface area contributed by atoms with Crippen molar-refractivity contribution >= 4 is 28.9 Å². The van der Waals surface area contributed by atoms with E-state index >= 15 is 0 Å². The summed E-state index contributed by atoms with van der Waals surface area (Å²) in [4.78, 5) is 35.7. The highest BCUT2D eigenvalue weighted by molar-refractivity contribution is 6.10. The maximum absolute atomic E-state index is 12.6. The summed E-state index contributed by atoms with van der Waals surface area (Å²) in [6.45, 7) is 2.84. The average Bonchev–Trinajstić information content (AvgIpc) is 2.96. The van der Waals surface area contributed by atoms with E-state index in [4.69, 9.17) is 0 Å². The fourth-order valence-electron chi connectivity index (χ4n) is 2.94. The molecule has 1 heterocycles. The quantitative estimate of drug-likeness (QED) is 0.492. The van der Waals surface area contributed by atoms with Crippen molar-refractivity contribution in [2.45, 2.75) is 20.4 Å². The molecule has 2 aromatic carbocycles. The highest BCUT2D eigenvalue weighted by atomic mass is 16.6. The molecule has 0 aliphatic heterocycles. The second kappa shape index (κ2) is 8.34. The zero-order valence-electron chi connectivity index (χ0n) is 15.9. The standard InChI is InChI=1S/C20H19N5O4/c1-13-19(25(28)29)14(2)24(23-13)12-18(26)22-17-11-7-6-10-16(17)20(27)21-15-8-4-3-5-9-15/h3-11H,12H2,1-2H3,(H,21,27)(H,22,26). The number of anilines is 2. The Bertz CT molecular complexity index is 1080. The lowest BCUT2D eigenvalue weighted by atomic mass is 10.1. The van der Waals surface area contributed by atoms with Gasteiger partial charge >= 0.3 is 5.69 Å². The number of benzene rings is 2. The van der Waals surface area contributed by atoms with E-state index in [0.29, 0.717) is 16.9 Å². The number of hydrogen-bond acceptors (Lipinski definition) is 5. The van der Waals surface area contributed by atoms with Gasteiger partial charge in [-0.1, -0.05) is 30.3 Å². The average molecular weight is 393 g/mol. The lowest BCUT2D eigenvalue weighted by Crippen LogP contribution is -2.22. The van der Waals surface area contributed by atoms with Crippen LogP contribution in [0.2, 0.25) is 0 Å². The van der Waals surface area contributed by atoms with Crippen LogP contribution in [-0.2, 0) is 11.3 Å². The number of rotatable bonds is 6. The number of carbonyl (C=O) groups excluding carboxylic acids is 2. The number of nitro groups is 1. The molecule has 3 aromatic rings. The number of amides is 2. The lowest BCUT2D eigenvalue weighted by Gasteiger charge is -2.12. The Morgan fingerprint density at radius 2 is 1.69 bits per heavy atom. The van der Waals surface area contributed by atoms with Crippen molar-refractivity contribution in [2.24, 2.45) is 0 Å². The van der Waals surface area contributed by atoms with E-state index in [1.807, 2.05) is 6.07 Å². The van der Waals surface area contributed by atoms with Crippen LogP contribution in [0.5, 0.6) is 0 Å². The molecule has 0 atom stereocenters. The normalized spacial score (nSPS) is 10.4. The first kappa shape index (κ1) is 19.7. The maximum Gasteiger partial charge on any atom is 0.312 e. The van der Waals surface area contributed by atoms with Crippen molar-refractivity contribution in [2.75, 3.05) is 10.6 Å². The number of nitrogens with one attached hydrogen (secondary N) is 2. The van der Waals surface area contributed by atoms with E-state index in [1.54, 1.807) is 48.5 Å². The topological polar surface area (TPSA) is 119 Å². The summed E-state index contributed by atoms with van der Waals surface area (Å²) in [6.07, 6.45) is 0. The molecule has 0 fully saturated rings. The Labute approximate surface area is 166 Å². The number of aryl methyl sites for hydroxylation is 1. The molecular weight excluding hydrogens is 374 g/mol. The van der Waals surface area contributed by atoms with Crippen LogP contribution in [0.15, 0.2) is 54.6 Å². The number of carbonyl (C=O) groups is 2. The molecule has 0 bridgehead atoms. The fourth-order valence-corrected chi connectivity index (χ4v) is 2.94. The van der Waals surface area contributed by atoms with Crippen LogP contribution in [0.3, 0.4) is 0 Å². The van der Waals surface area contributed by atoms with Gasteiger partial charge in [0.2, 0.25) is 5.91 Å². The monoisotopic (exact) mass is 393 g/mol. The van der Waals surface area contributed by atoms with Crippen LogP contribution in [0.4, 0.5) is 17.1 Å². The van der Waals surface area contributed by atoms with Crippen LogP contribution < -0.4 is 10.6 Å². The Morgan fingerprint density at radius 1 is 1.03 bits per heavy atom. The second-order valence-corrected chi connectivity index (χ2v) is 6.35. The van der Waals surface area contributed by atoms with E-state index in [-0.39, 0.29) is 29.5 Å². The van der Waals surface area contributed by atoms with Gasteiger partial charge in [0.15, 0.2) is 0 Å². The molecule has 2 amide bonds. The molecule has 0 aliphatic carbocycles. The zero-order valence-corrected chi connectivity index (χ0v) is 15.9. The van der Waals surface area contributed by atoms with E-state index in [9.17, 15) is 19.7 Å². The summed E-state index contributed by atoms with van der Waals surface area (Å²) in [6, 6.07) is 15.6. The minimum Gasteiger partial charge on any atom is -0.324 e. The minimum absolute atomic E-state index is 0.111. The van der Waals surface area contributed by atoms with Gasteiger partial charge in [-0.25, -0.2) is 0 Å². The van der Waals surface area contributed by atoms with E-state index < -0.39 is 10.8 Å². The molecule has 0 saturated heterocycles. The Kier molecular flexibility index (Phi) is 5.68. The Hall–Kier alpha value is -4.01. The largest absolute Gasteiger partial charge is 0.324 e. The highest BCUT2D eigenvalue weighted by Gasteiger charge is 2.23. The van der Waals surface area contributed by atoms with Crippen molar-refractivity contribution in [3.63, 3.8) is 0 Å². The number of aromatic nitrogens is 2. The Balaban J connectivity index is 1.76. The molecule has 0 aliphatic rings. The molecule has 29 heavy (non-hydrogen) atoms. The fraction of sp³-hybridized carbons (Fsp3) is 0.150. The zero-order chi connectivity index (χ0) is 21.0. The number of para-hydroxylation sites is 2. The highest BCUT2D eigenvalue weighted by Crippen LogP contribution is 2.22. The van der Waals surface area contributed by atoms with Crippen LogP contribution >= 0.6 is 0 Å². The summed E-state index contributed by atoms with van der Waals surface area (Å²) in [5.41, 5.74) is 1.68. The summed E-state index contributed by atoms with van der Waals surface area (Å²) in [7, 11) is 0. The van der Waals surface area contributed by atoms with Crippen molar-refractivity contribution in [3.8, 4) is 0 Å². The predicted molar refractivity (Wildman–Crippen MR) is 108 cm³/mol. The van der Waals surface area contributed by atoms with Crippen molar-refractivity contribution < 1.29 is 14.5 Å². The van der Waals surface area contributed by atoms with Crippen molar-refractivity contribution in [3.05, 3.63) is 81.7 Å². The van der Waals surface area contributed by atoms with Gasteiger partial charge < -0.3 is 10.6 Å². The molecular formula is C20H19N5O4. The molecule has 0 spiro atoms. The van der Waals surface area contributed by atoms with Crippen LogP contribution in [-0.4, -0.2) is 26.5 Å². The van der Waals surface area contributed by atoms with E-state index in [0.717, 1.165) is 0 Å². The smallest absolute Gasteiger partial charge is 0.312 e. The second-order valence-electron chi connectivity index (χ2n) is 6.35. The van der Waals surface area contributed by atoms with Crippen molar-refractivity contribution in [1.29, 1.82) is 0 Å². The van der Waals surface area contributed by atoms with Gasteiger partial charge in [0.25, 0.3) is 5.91 Å². The summed E-state index contributed by atoms with van der Waals surface area (Å²) >= 11 is 0. The molecule has 0 unspecified atom stereocenters. The van der Waals surface area contributed by atoms with E-state index in [1.165, 1.54) is 18.5 Å². The summed E-state index contributed by atoms with van der Waals surface area (Å²) in [5.74, 6) is -0.820. The first-order valence-electron chi connectivity index (χ1n) is 8.80. The molecule has 9 heteroatoms. The summed E-state index contributed by atoms with van der Waals surface area (Å²) < 4.78 is 1.27. The van der Waals surface area contributed by atoms with Gasteiger partial charge in [-0.05, 0) is 38.1 Å². The predicted octanol–water partition coefficient (Wildman–Crippen LogP) is 3.30. The Morgan fingerprint density at radius 3 is 2.34 bits per heavy atom. The first-order chi connectivity index (χ1) is 13.9. The maximum atomic E-state index is 12.6. The molecule has 3 rings (SSSR count). The molecule has 9 nitrogen and oxygen atoms in total. The molecule has 148 valence electrons. The number of hydrogen-bond donors (Lipinski definition) is 2. The van der Waals surface area contributed by atoms with Gasteiger partial charge in [0.05, 0.1) is 16.2 Å². The minimum atomic E-state index is -0.519. The summed E-state index contributed by atoms with van der Waals surface area (Å²) in [5, 5.41) is 20.6. The number of nitrogens with zero attached hydrogens (tertiary/aromatic N) is 3. The molecule has 2 N–H and O–H groups in total. The first-order valence-corrected chi connectivity index (χ1v) is 8.80. The van der Waals surface area contributed by atoms with Gasteiger partial charge in [-0.3, -0.25) is 24.4 Å². The third-order valence-electron chi connectivity index (χ3n) is 4.30. The third kappa shape index (κ3) is 4.46. The SMILES string of the molecule is Cc1nn(CC(=O)Nc2ccccc2C(=O)Nc2ccccc2)c(C)c1[N+](=O)[O-]. The van der Waals surface area contributed by atoms with Gasteiger partial charge in [0.1, 0.15) is 17.9 Å². The molecule has 0 saturated carbocycles. The molecule has 1 aromatic heterocycles. The third-order valence-corrected chi connectivity index (χ3v) is 4.30. The van der Waals surface area contributed by atoms with Gasteiger partial charge in [-0.2, -0.15) is 5.10 Å². The van der Waals surface area contributed by atoms with Crippen LogP contribution in [0.25, 0.3) is 0 Å². The van der Waals surface area contributed by atoms with Gasteiger partial charge in [0, 0.05) is 5.69 Å². The van der Waals surface area contributed by atoms with Crippen molar-refractivity contribution in [1.82, 2.24) is 9.78 Å².